The van der Waals surface area contributed by atoms with Crippen LogP contribution in [-0.4, -0.2) is 34.2 Å². The van der Waals surface area contributed by atoms with Gasteiger partial charge in [-0.1, -0.05) is 23.2 Å². The van der Waals surface area contributed by atoms with Gasteiger partial charge < -0.3 is 9.47 Å². The number of nitrogens with two attached hydrogens (primary N) is 1. The summed E-state index contributed by atoms with van der Waals surface area (Å²) in [6.45, 7) is 1.63. The van der Waals surface area contributed by atoms with Crippen LogP contribution < -0.4 is 5.14 Å². The van der Waals surface area contributed by atoms with Crippen LogP contribution in [0, 0.1) is 5.82 Å². The molecule has 0 aromatic heterocycles. The predicted molar refractivity (Wildman–Crippen MR) is 74.5 cm³/mol. The fraction of sp³-hybridized carbons (Fsp3) is 0.364. The van der Waals surface area contributed by atoms with E-state index in [1.807, 2.05) is 0 Å². The van der Waals surface area contributed by atoms with Crippen molar-refractivity contribution in [1.29, 1.82) is 0 Å². The normalized spacial score (nSPS) is 13.0. The Bertz CT molecular complexity index is 665. The second kappa shape index (κ2) is 6.89. The second-order valence-corrected chi connectivity index (χ2v) is 6.33. The van der Waals surface area contributed by atoms with E-state index in [0.717, 1.165) is 0 Å². The SMILES string of the molecule is COCC(C)OC(=O)c1cc(F)c(Cl)c(S(N)(=O)=O)c1Cl. The van der Waals surface area contributed by atoms with Crippen LogP contribution in [0.5, 0.6) is 0 Å². The lowest BCUT2D eigenvalue weighted by molar-refractivity contribution is 0.0120. The first-order valence-electron chi connectivity index (χ1n) is 5.49. The van der Waals surface area contributed by atoms with E-state index in [2.05, 4.69) is 0 Å². The third kappa shape index (κ3) is 4.27. The van der Waals surface area contributed by atoms with E-state index in [0.29, 0.717) is 6.07 Å². The highest BCUT2D eigenvalue weighted by atomic mass is 35.5. The van der Waals surface area contributed by atoms with Gasteiger partial charge >= 0.3 is 5.97 Å². The number of benzene rings is 1. The van der Waals surface area contributed by atoms with Crippen molar-refractivity contribution in [2.45, 2.75) is 17.9 Å². The lowest BCUT2D eigenvalue weighted by Crippen LogP contribution is -2.21. The van der Waals surface area contributed by atoms with Crippen molar-refractivity contribution in [2.24, 2.45) is 5.14 Å². The quantitative estimate of drug-likeness (QED) is 0.640. The van der Waals surface area contributed by atoms with Gasteiger partial charge in [0.25, 0.3) is 0 Å². The molecule has 0 saturated heterocycles. The topological polar surface area (TPSA) is 95.7 Å². The lowest BCUT2D eigenvalue weighted by Gasteiger charge is -2.14. The van der Waals surface area contributed by atoms with Crippen molar-refractivity contribution in [3.8, 4) is 0 Å². The summed E-state index contributed by atoms with van der Waals surface area (Å²) >= 11 is 11.3. The number of hydrogen-bond donors (Lipinski definition) is 1. The molecule has 0 spiro atoms. The Balaban J connectivity index is 3.33. The molecule has 0 aliphatic rings. The molecule has 10 heteroatoms. The number of methoxy groups -OCH3 is 1. The van der Waals surface area contributed by atoms with E-state index >= 15 is 0 Å². The fourth-order valence-electron chi connectivity index (χ4n) is 1.49. The summed E-state index contributed by atoms with van der Waals surface area (Å²) in [6.07, 6.45) is -0.643. The molecule has 1 aromatic carbocycles. The van der Waals surface area contributed by atoms with Gasteiger partial charge in [-0.3, -0.25) is 0 Å². The first-order chi connectivity index (χ1) is 9.59. The van der Waals surface area contributed by atoms with Gasteiger partial charge in [-0.25, -0.2) is 22.7 Å². The Morgan fingerprint density at radius 1 is 1.43 bits per heavy atom. The highest BCUT2D eigenvalue weighted by Gasteiger charge is 2.27. The average molecular weight is 360 g/mol. The lowest BCUT2D eigenvalue weighted by atomic mass is 10.2. The second-order valence-electron chi connectivity index (χ2n) is 4.08. The third-order valence-electron chi connectivity index (χ3n) is 2.33. The van der Waals surface area contributed by atoms with Gasteiger partial charge in [-0.15, -0.1) is 0 Å². The number of ether oxygens (including phenoxy) is 2. The van der Waals surface area contributed by atoms with Gasteiger partial charge in [0, 0.05) is 7.11 Å². The predicted octanol–water partition coefficient (Wildman–Crippen LogP) is 1.97. The van der Waals surface area contributed by atoms with Crippen LogP contribution in [0.2, 0.25) is 10.0 Å². The number of halogens is 3. The maximum Gasteiger partial charge on any atom is 0.340 e. The largest absolute Gasteiger partial charge is 0.457 e. The van der Waals surface area contributed by atoms with Crippen molar-refractivity contribution in [1.82, 2.24) is 0 Å². The minimum Gasteiger partial charge on any atom is -0.457 e. The maximum atomic E-state index is 13.7. The van der Waals surface area contributed by atoms with Crippen LogP contribution in [0.1, 0.15) is 17.3 Å². The van der Waals surface area contributed by atoms with Crippen molar-refractivity contribution >= 4 is 39.2 Å². The minimum absolute atomic E-state index is 0.0987. The summed E-state index contributed by atoms with van der Waals surface area (Å²) in [4.78, 5) is 11.0. The zero-order valence-electron chi connectivity index (χ0n) is 11.0. The van der Waals surface area contributed by atoms with Crippen molar-refractivity contribution in [2.75, 3.05) is 13.7 Å². The van der Waals surface area contributed by atoms with Crippen LogP contribution in [0.3, 0.4) is 0 Å². The summed E-state index contributed by atoms with van der Waals surface area (Å²) < 4.78 is 46.1. The molecule has 0 aliphatic heterocycles. The number of carbonyl (C=O) groups excluding carboxylic acids is 1. The molecule has 0 aliphatic carbocycles. The van der Waals surface area contributed by atoms with Gasteiger partial charge in [0.15, 0.2) is 0 Å². The third-order valence-corrected chi connectivity index (χ3v) is 4.29. The minimum atomic E-state index is -4.42. The number of hydrogen-bond acceptors (Lipinski definition) is 5. The number of primary sulfonamides is 1. The highest BCUT2D eigenvalue weighted by Crippen LogP contribution is 2.34. The Labute approximate surface area is 131 Å². The summed E-state index contributed by atoms with van der Waals surface area (Å²) in [5.74, 6) is -2.18. The molecule has 1 atom stereocenters. The molecular weight excluding hydrogens is 348 g/mol. The van der Waals surface area contributed by atoms with E-state index in [4.69, 9.17) is 37.8 Å². The maximum absolute atomic E-state index is 13.7. The van der Waals surface area contributed by atoms with E-state index in [-0.39, 0.29) is 6.61 Å². The first kappa shape index (κ1) is 18.1. The van der Waals surface area contributed by atoms with Crippen molar-refractivity contribution in [3.63, 3.8) is 0 Å². The summed E-state index contributed by atoms with van der Waals surface area (Å²) in [5, 5.41) is 3.52. The molecule has 1 aromatic rings. The van der Waals surface area contributed by atoms with Crippen LogP contribution in [0.15, 0.2) is 11.0 Å². The molecule has 118 valence electrons. The van der Waals surface area contributed by atoms with E-state index in [1.165, 1.54) is 14.0 Å². The van der Waals surface area contributed by atoms with Crippen molar-refractivity contribution < 1.29 is 27.1 Å². The first-order valence-corrected chi connectivity index (χ1v) is 7.80. The van der Waals surface area contributed by atoms with Crippen LogP contribution >= 0.6 is 23.2 Å². The molecule has 2 N–H and O–H groups in total. The van der Waals surface area contributed by atoms with Crippen LogP contribution in [-0.2, 0) is 19.5 Å². The molecule has 0 amide bonds. The molecule has 0 fully saturated rings. The average Bonchev–Trinajstić information content (AvgIpc) is 2.32. The molecule has 0 heterocycles. The molecule has 6 nitrogen and oxygen atoms in total. The Hall–Kier alpha value is -0.930. The smallest absolute Gasteiger partial charge is 0.340 e. The summed E-state index contributed by atoms with van der Waals surface area (Å²) in [7, 11) is -3.02. The van der Waals surface area contributed by atoms with Gasteiger partial charge in [-0.2, -0.15) is 0 Å². The Morgan fingerprint density at radius 2 is 2.00 bits per heavy atom. The number of carbonyl (C=O) groups is 1. The highest BCUT2D eigenvalue weighted by molar-refractivity contribution is 7.89. The van der Waals surface area contributed by atoms with Gasteiger partial charge in [0.1, 0.15) is 16.8 Å². The Morgan fingerprint density at radius 3 is 2.48 bits per heavy atom. The molecule has 21 heavy (non-hydrogen) atoms. The fourth-order valence-corrected chi connectivity index (χ4v) is 3.27. The summed E-state index contributed by atoms with van der Waals surface area (Å²) in [5.41, 5.74) is -0.495. The molecule has 0 bridgehead atoms. The number of rotatable bonds is 5. The van der Waals surface area contributed by atoms with E-state index in [9.17, 15) is 17.6 Å². The van der Waals surface area contributed by atoms with Gasteiger partial charge in [0.2, 0.25) is 10.0 Å². The zero-order chi connectivity index (χ0) is 16.4. The Kier molecular flexibility index (Phi) is 5.94. The molecular formula is C11H12Cl2FNO5S. The zero-order valence-corrected chi connectivity index (χ0v) is 13.4. The monoisotopic (exact) mass is 359 g/mol. The molecule has 1 rings (SSSR count). The summed E-state index contributed by atoms with van der Waals surface area (Å²) in [6, 6.07) is 0.682. The molecule has 1 unspecified atom stereocenters. The van der Waals surface area contributed by atoms with Crippen molar-refractivity contribution in [3.05, 3.63) is 27.5 Å². The van der Waals surface area contributed by atoms with Gasteiger partial charge in [0.05, 0.1) is 22.2 Å². The number of esters is 1. The molecule has 0 saturated carbocycles. The van der Waals surface area contributed by atoms with Crippen LogP contribution in [0.25, 0.3) is 0 Å². The number of sulfonamides is 1. The van der Waals surface area contributed by atoms with Gasteiger partial charge in [-0.05, 0) is 13.0 Å². The van der Waals surface area contributed by atoms with E-state index < -0.39 is 48.4 Å². The molecule has 0 radical (unpaired) electrons. The standard InChI is InChI=1S/C11H12Cl2FNO5S/c1-5(4-19-2)20-11(16)6-3-7(14)9(13)10(8(6)12)21(15,17)18/h3,5H,4H2,1-2H3,(H2,15,17,18). The van der Waals surface area contributed by atoms with E-state index in [1.54, 1.807) is 0 Å². The van der Waals surface area contributed by atoms with Crippen LogP contribution in [0.4, 0.5) is 4.39 Å².